The van der Waals surface area contributed by atoms with E-state index >= 15 is 0 Å². The number of aromatic nitrogens is 2. The van der Waals surface area contributed by atoms with Crippen molar-refractivity contribution in [3.8, 4) is 11.4 Å². The molecule has 0 aliphatic heterocycles. The summed E-state index contributed by atoms with van der Waals surface area (Å²) in [5.74, 6) is 0. The highest BCUT2D eigenvalue weighted by atomic mass is 15.0. The Balaban J connectivity index is 1.50. The van der Waals surface area contributed by atoms with Gasteiger partial charge < -0.3 is 9.13 Å². The van der Waals surface area contributed by atoms with Crippen LogP contribution in [0, 0.1) is 0 Å². The Morgan fingerprint density at radius 1 is 0.361 bits per heavy atom. The number of benzene rings is 5. The van der Waals surface area contributed by atoms with E-state index in [1.807, 2.05) is 0 Å². The number of nitrogens with zero attached hydrogens (tertiary/aromatic N) is 2. The maximum absolute atomic E-state index is 2.48. The Labute approximate surface area is 209 Å². The molecule has 0 radical (unpaired) electrons. The molecule has 0 atom stereocenters. The van der Waals surface area contributed by atoms with Gasteiger partial charge in [0.25, 0.3) is 0 Å². The minimum Gasteiger partial charge on any atom is -0.309 e. The number of aryl methyl sites for hydroxylation is 4. The van der Waals surface area contributed by atoms with Gasteiger partial charge in [-0.2, -0.15) is 0 Å². The lowest BCUT2D eigenvalue weighted by Crippen LogP contribution is -2.08. The molecule has 36 heavy (non-hydrogen) atoms. The summed E-state index contributed by atoms with van der Waals surface area (Å²) in [5.41, 5.74) is 13.7. The first-order chi connectivity index (χ1) is 17.8. The van der Waals surface area contributed by atoms with Gasteiger partial charge in [-0.05, 0) is 109 Å². The van der Waals surface area contributed by atoms with Crippen LogP contribution in [0.4, 0.5) is 0 Å². The van der Waals surface area contributed by atoms with Gasteiger partial charge in [0.05, 0.1) is 22.1 Å². The summed E-state index contributed by atoms with van der Waals surface area (Å²) in [6.45, 7) is 0. The maximum atomic E-state index is 2.48. The molecule has 0 bridgehead atoms. The van der Waals surface area contributed by atoms with Crippen molar-refractivity contribution in [3.63, 3.8) is 0 Å². The summed E-state index contributed by atoms with van der Waals surface area (Å²) in [7, 11) is 0. The summed E-state index contributed by atoms with van der Waals surface area (Å²) in [6, 6.07) is 36.4. The van der Waals surface area contributed by atoms with Gasteiger partial charge in [0.15, 0.2) is 0 Å². The van der Waals surface area contributed by atoms with Gasteiger partial charge >= 0.3 is 0 Å². The lowest BCUT2D eigenvalue weighted by molar-refractivity contribution is 0.843. The number of hydrogen-bond acceptors (Lipinski definition) is 0. The van der Waals surface area contributed by atoms with Gasteiger partial charge in [0.2, 0.25) is 0 Å². The third kappa shape index (κ3) is 2.37. The minimum atomic E-state index is 1.19. The van der Waals surface area contributed by atoms with Crippen molar-refractivity contribution >= 4 is 43.6 Å². The molecule has 170 valence electrons. The van der Waals surface area contributed by atoms with Crippen molar-refractivity contribution < 1.29 is 0 Å². The van der Waals surface area contributed by atoms with Gasteiger partial charge in [-0.15, -0.1) is 0 Å². The highest BCUT2D eigenvalue weighted by Gasteiger charge is 2.23. The normalized spacial score (nSPS) is 14.2. The summed E-state index contributed by atoms with van der Waals surface area (Å²) in [6.07, 6.45) is 4.78. The SMILES string of the molecule is c1ccc(-n2c3cc4c(cc3c3cc5c6cc7c(cc6n(-c6ccccc6)c5cc32)CC7)CC4)cc1. The summed E-state index contributed by atoms with van der Waals surface area (Å²) < 4.78 is 4.95. The average Bonchev–Trinajstić information content (AvgIpc) is 3.36. The number of para-hydroxylation sites is 2. The monoisotopic (exact) mass is 460 g/mol. The van der Waals surface area contributed by atoms with Crippen LogP contribution < -0.4 is 0 Å². The van der Waals surface area contributed by atoms with E-state index in [0.717, 1.165) is 0 Å². The van der Waals surface area contributed by atoms with E-state index in [0.29, 0.717) is 0 Å². The predicted octanol–water partition coefficient (Wildman–Crippen LogP) is 8.08. The molecule has 0 amide bonds. The van der Waals surface area contributed by atoms with Crippen molar-refractivity contribution in [2.75, 3.05) is 0 Å². The first kappa shape index (κ1) is 19.0. The van der Waals surface area contributed by atoms with Crippen LogP contribution in [0.3, 0.4) is 0 Å². The van der Waals surface area contributed by atoms with Crippen LogP contribution in [-0.4, -0.2) is 9.13 Å². The molecule has 0 unspecified atom stereocenters. The standard InChI is InChI=1S/C34H24N2/c1-3-7-25(8-4-1)35-31-17-23-13-11-21(23)15-27(31)29-19-30-28-16-22-12-14-24(22)18-32(28)36(34(30)20-33(29)35)26-9-5-2-6-10-26/h1-10,15-20H,11-14H2. The molecular weight excluding hydrogens is 436 g/mol. The van der Waals surface area contributed by atoms with Crippen molar-refractivity contribution in [1.29, 1.82) is 0 Å². The topological polar surface area (TPSA) is 9.86 Å². The highest BCUT2D eigenvalue weighted by Crippen LogP contribution is 2.42. The van der Waals surface area contributed by atoms with E-state index in [4.69, 9.17) is 0 Å². The smallest absolute Gasteiger partial charge is 0.0562 e. The summed E-state index contributed by atoms with van der Waals surface area (Å²) in [4.78, 5) is 0. The molecule has 2 nitrogen and oxygen atoms in total. The third-order valence-corrected chi connectivity index (χ3v) is 8.65. The van der Waals surface area contributed by atoms with E-state index in [9.17, 15) is 0 Å². The Bertz CT molecular complexity index is 1880. The van der Waals surface area contributed by atoms with Crippen LogP contribution in [0.1, 0.15) is 22.3 Å². The van der Waals surface area contributed by atoms with Crippen LogP contribution in [0.25, 0.3) is 55.0 Å². The van der Waals surface area contributed by atoms with Crippen LogP contribution in [-0.2, 0) is 25.7 Å². The average molecular weight is 461 g/mol. The van der Waals surface area contributed by atoms with Gasteiger partial charge in [-0.1, -0.05) is 36.4 Å². The molecule has 0 saturated heterocycles. The number of rotatable bonds is 2. The van der Waals surface area contributed by atoms with Gasteiger partial charge in [0, 0.05) is 32.9 Å². The molecule has 5 aromatic carbocycles. The van der Waals surface area contributed by atoms with E-state index in [1.54, 1.807) is 0 Å². The van der Waals surface area contributed by atoms with Gasteiger partial charge in [-0.3, -0.25) is 0 Å². The molecular formula is C34H24N2. The number of fused-ring (bicyclic) bond motifs is 8. The van der Waals surface area contributed by atoms with Crippen molar-refractivity contribution in [1.82, 2.24) is 9.13 Å². The summed E-state index contributed by atoms with van der Waals surface area (Å²) >= 11 is 0. The molecule has 2 aliphatic carbocycles. The van der Waals surface area contributed by atoms with Crippen LogP contribution in [0.2, 0.25) is 0 Å². The Kier molecular flexibility index (Phi) is 3.51. The zero-order chi connectivity index (χ0) is 23.4. The van der Waals surface area contributed by atoms with Crippen molar-refractivity contribution in [2.24, 2.45) is 0 Å². The molecule has 0 spiro atoms. The van der Waals surface area contributed by atoms with Crippen LogP contribution in [0.15, 0.2) is 97.1 Å². The largest absolute Gasteiger partial charge is 0.309 e. The highest BCUT2D eigenvalue weighted by molar-refractivity contribution is 6.19. The van der Waals surface area contributed by atoms with Gasteiger partial charge in [-0.25, -0.2) is 0 Å². The number of hydrogen-bond donors (Lipinski definition) is 0. The molecule has 0 N–H and O–H groups in total. The van der Waals surface area contributed by atoms with E-state index < -0.39 is 0 Å². The first-order valence-electron chi connectivity index (χ1n) is 13.0. The molecule has 0 saturated carbocycles. The Hall–Kier alpha value is -4.30. The fraction of sp³-hybridized carbons (Fsp3) is 0.118. The van der Waals surface area contributed by atoms with Crippen molar-refractivity contribution in [3.05, 3.63) is 119 Å². The Morgan fingerprint density at radius 3 is 1.14 bits per heavy atom. The zero-order valence-electron chi connectivity index (χ0n) is 20.0. The molecule has 2 heteroatoms. The molecule has 0 fully saturated rings. The fourth-order valence-corrected chi connectivity index (χ4v) is 6.62. The lowest BCUT2D eigenvalue weighted by atomic mass is 9.87. The quantitative estimate of drug-likeness (QED) is 0.247. The zero-order valence-corrected chi connectivity index (χ0v) is 20.0. The lowest BCUT2D eigenvalue weighted by Gasteiger charge is -2.19. The second-order valence-corrected chi connectivity index (χ2v) is 10.5. The van der Waals surface area contributed by atoms with Crippen LogP contribution in [0.5, 0.6) is 0 Å². The second-order valence-electron chi connectivity index (χ2n) is 10.5. The summed E-state index contributed by atoms with van der Waals surface area (Å²) in [5, 5.41) is 5.45. The molecule has 2 heterocycles. The van der Waals surface area contributed by atoms with E-state index in [2.05, 4.69) is 106 Å². The first-order valence-corrected chi connectivity index (χ1v) is 13.0. The minimum absolute atomic E-state index is 1.19. The fourth-order valence-electron chi connectivity index (χ4n) is 6.62. The van der Waals surface area contributed by atoms with Crippen molar-refractivity contribution in [2.45, 2.75) is 25.7 Å². The molecule has 2 aromatic heterocycles. The Morgan fingerprint density at radius 2 is 0.722 bits per heavy atom. The van der Waals surface area contributed by atoms with Crippen LogP contribution >= 0.6 is 0 Å². The van der Waals surface area contributed by atoms with Gasteiger partial charge in [0.1, 0.15) is 0 Å². The van der Waals surface area contributed by atoms with E-state index in [-0.39, 0.29) is 0 Å². The predicted molar refractivity (Wildman–Crippen MR) is 150 cm³/mol. The second kappa shape index (κ2) is 6.67. The molecule has 9 rings (SSSR count). The van der Waals surface area contributed by atoms with E-state index in [1.165, 1.54) is 103 Å². The molecule has 7 aromatic rings. The molecule has 2 aliphatic rings. The third-order valence-electron chi connectivity index (χ3n) is 8.65. The maximum Gasteiger partial charge on any atom is 0.0562 e.